The van der Waals surface area contributed by atoms with Crippen molar-refractivity contribution in [1.82, 2.24) is 39.9 Å². The monoisotopic (exact) mass is 902 g/mol. The standard InChI is InChI=1S/C14H14N2OS.C13H13FN2O.C13H16N2S.C9H12N2S/c17-13-10(7-11-8-15-14(18)16-11)6-5-9-3-1-2-4-12(9)13;14-11-2-1-9-3-8(4-10(9)6-11)5-12-7-15-13(17)16-12;1-8-5-4-6-11(9(8)2)10(3)12-7-14-13(16)15-12;12-9-10-6-8(11-9)5-7-3-1-2-4-7/h1-4,8,10H,5-7H2,(H2,15,16,18);1-2,6-8H,3-5H2,(H2,15,16,17);4-7,10H,1-3H3,(H2,14,15,16);1-2,6-7H,3-5H2,(H2,10,11,12)/t;;10-;/m..1./s1. The quantitative estimate of drug-likeness (QED) is 0.0562. The Kier molecular flexibility index (Phi) is 15.2. The molecule has 10 nitrogen and oxygen atoms in total. The summed E-state index contributed by atoms with van der Waals surface area (Å²) in [6.07, 6.45) is 20.9. The Morgan fingerprint density at radius 3 is 1.97 bits per heavy atom. The van der Waals surface area contributed by atoms with Crippen LogP contribution in [0, 0.1) is 51.7 Å². The molecule has 0 fully saturated rings. The number of rotatable bonds is 8. The fraction of sp³-hybridized carbons (Fsp3) is 0.327. The van der Waals surface area contributed by atoms with Crippen LogP contribution in [0.1, 0.15) is 98.6 Å². The van der Waals surface area contributed by atoms with Crippen molar-refractivity contribution in [3.05, 3.63) is 190 Å². The van der Waals surface area contributed by atoms with Gasteiger partial charge in [0.1, 0.15) is 5.82 Å². The number of carbonyl (C=O) groups is 1. The van der Waals surface area contributed by atoms with Gasteiger partial charge in [0.25, 0.3) is 0 Å². The molecule has 0 spiro atoms. The van der Waals surface area contributed by atoms with E-state index in [2.05, 4.69) is 91.0 Å². The molecule has 0 amide bonds. The first-order valence-corrected chi connectivity index (χ1v) is 22.8. The number of allylic oxidation sites excluding steroid dienone is 2. The molecule has 3 atom stereocenters. The van der Waals surface area contributed by atoms with Gasteiger partial charge in [0.15, 0.2) is 20.1 Å². The molecule has 2 unspecified atom stereocenters. The van der Waals surface area contributed by atoms with E-state index in [0.717, 1.165) is 83.8 Å². The largest absolute Gasteiger partial charge is 0.337 e. The SMILES string of the molecule is Cc1cccc([C@@H](C)c2c[nH]c(=S)[nH]2)c1C.O=C1c2ccccc2CCC1Cc1c[nH]c(=S)[nH]1.O=c1[nH]cc(CC2Cc3ccc(F)cc3C2)[nH]1.S=c1[nH]cc(CC2CC=CC2)[nH]1. The van der Waals surface area contributed by atoms with Gasteiger partial charge in [-0.1, -0.05) is 67.6 Å². The molecule has 14 heteroatoms. The number of hydrogen-bond acceptors (Lipinski definition) is 5. The summed E-state index contributed by atoms with van der Waals surface area (Å²) in [5.41, 5.74) is 12.6. The van der Waals surface area contributed by atoms with Gasteiger partial charge in [-0.15, -0.1) is 0 Å². The summed E-state index contributed by atoms with van der Waals surface area (Å²) in [7, 11) is 0. The Morgan fingerprint density at radius 2 is 1.30 bits per heavy atom. The first-order valence-electron chi connectivity index (χ1n) is 21.6. The number of aromatic nitrogens is 8. The van der Waals surface area contributed by atoms with Crippen LogP contribution in [0.5, 0.6) is 0 Å². The molecule has 0 saturated heterocycles. The van der Waals surface area contributed by atoms with Crippen LogP contribution in [0.2, 0.25) is 0 Å². The lowest BCUT2D eigenvalue weighted by Gasteiger charge is -2.22. The van der Waals surface area contributed by atoms with Gasteiger partial charge in [-0.2, -0.15) is 0 Å². The second-order valence-corrected chi connectivity index (χ2v) is 18.1. The minimum atomic E-state index is -0.167. The zero-order valence-corrected chi connectivity index (χ0v) is 38.3. The number of hydrogen-bond donors (Lipinski definition) is 8. The van der Waals surface area contributed by atoms with Crippen molar-refractivity contribution in [2.45, 2.75) is 84.5 Å². The third kappa shape index (κ3) is 12.3. The predicted octanol–water partition coefficient (Wildman–Crippen LogP) is 11.3. The third-order valence-corrected chi connectivity index (χ3v) is 13.0. The van der Waals surface area contributed by atoms with Crippen molar-refractivity contribution < 1.29 is 9.18 Å². The fourth-order valence-corrected chi connectivity index (χ4v) is 9.39. The summed E-state index contributed by atoms with van der Waals surface area (Å²) in [6, 6.07) is 19.3. The van der Waals surface area contributed by atoms with E-state index in [1.165, 1.54) is 52.4 Å². The number of ketones is 1. The molecule has 328 valence electrons. The van der Waals surface area contributed by atoms with E-state index in [4.69, 9.17) is 36.7 Å². The van der Waals surface area contributed by atoms with Crippen LogP contribution in [0.15, 0.2) is 102 Å². The van der Waals surface area contributed by atoms with E-state index in [1.807, 2.05) is 48.9 Å². The number of nitrogens with one attached hydrogen (secondary N) is 8. The van der Waals surface area contributed by atoms with Crippen LogP contribution in [0.25, 0.3) is 0 Å². The molecule has 63 heavy (non-hydrogen) atoms. The number of aromatic amines is 8. The number of imidazole rings is 4. The molecule has 0 bridgehead atoms. The minimum absolute atomic E-state index is 0.0707. The summed E-state index contributed by atoms with van der Waals surface area (Å²) in [5, 5.41) is 0. The molecular weight excluding hydrogens is 848 g/mol. The molecule has 7 aromatic rings. The van der Waals surface area contributed by atoms with Crippen molar-refractivity contribution in [3.63, 3.8) is 0 Å². The maximum atomic E-state index is 13.1. The average Bonchev–Trinajstić information content (AvgIpc) is 4.15. The second kappa shape index (κ2) is 21.1. The first kappa shape index (κ1) is 45.3. The van der Waals surface area contributed by atoms with Crippen LogP contribution in [-0.2, 0) is 38.5 Å². The number of fused-ring (bicyclic) bond motifs is 2. The number of carbonyl (C=O) groups excluding carboxylic acids is 1. The van der Waals surface area contributed by atoms with Crippen molar-refractivity contribution in [1.29, 1.82) is 0 Å². The minimum Gasteiger partial charge on any atom is -0.337 e. The molecule has 4 heterocycles. The Hall–Kier alpha value is -5.70. The van der Waals surface area contributed by atoms with Crippen molar-refractivity contribution >= 4 is 42.4 Å². The van der Waals surface area contributed by atoms with Crippen LogP contribution in [0.3, 0.4) is 0 Å². The van der Waals surface area contributed by atoms with E-state index >= 15 is 0 Å². The van der Waals surface area contributed by atoms with Crippen molar-refractivity contribution in [2.24, 2.45) is 17.8 Å². The first-order chi connectivity index (χ1) is 30.4. The number of H-pyrrole nitrogens is 8. The molecule has 3 aliphatic rings. The molecule has 4 aromatic heterocycles. The highest BCUT2D eigenvalue weighted by Gasteiger charge is 2.27. The normalized spacial score (nSPS) is 16.8. The fourth-order valence-electron chi connectivity index (χ4n) is 8.84. The number of halogens is 1. The summed E-state index contributed by atoms with van der Waals surface area (Å²) >= 11 is 15.0. The molecule has 0 saturated carbocycles. The van der Waals surface area contributed by atoms with E-state index in [-0.39, 0.29) is 23.2 Å². The Bertz CT molecular complexity index is 2900. The van der Waals surface area contributed by atoms with E-state index in [1.54, 1.807) is 12.3 Å². The maximum absolute atomic E-state index is 13.1. The van der Waals surface area contributed by atoms with Gasteiger partial charge in [0.05, 0.1) is 0 Å². The van der Waals surface area contributed by atoms with Gasteiger partial charge in [0, 0.05) is 65.0 Å². The van der Waals surface area contributed by atoms with Crippen molar-refractivity contribution in [2.75, 3.05) is 0 Å². The molecule has 8 N–H and O–H groups in total. The molecule has 0 radical (unpaired) electrons. The molecule has 3 aliphatic carbocycles. The lowest BCUT2D eigenvalue weighted by molar-refractivity contribution is 0.0900. The van der Waals surface area contributed by atoms with E-state index in [0.29, 0.717) is 21.4 Å². The van der Waals surface area contributed by atoms with Gasteiger partial charge in [0.2, 0.25) is 0 Å². The Labute approximate surface area is 381 Å². The zero-order chi connectivity index (χ0) is 44.5. The predicted molar refractivity (Wildman–Crippen MR) is 256 cm³/mol. The molecule has 0 aliphatic heterocycles. The highest BCUT2D eigenvalue weighted by atomic mass is 32.1. The van der Waals surface area contributed by atoms with Gasteiger partial charge in [-0.3, -0.25) is 4.79 Å². The zero-order valence-electron chi connectivity index (χ0n) is 35.8. The third-order valence-electron chi connectivity index (χ3n) is 12.3. The van der Waals surface area contributed by atoms with E-state index < -0.39 is 0 Å². The summed E-state index contributed by atoms with van der Waals surface area (Å²) in [5.74, 6) is 1.75. The van der Waals surface area contributed by atoms with Gasteiger partial charge >= 0.3 is 5.69 Å². The smallest absolute Gasteiger partial charge is 0.323 e. The Balaban J connectivity index is 0.000000127. The number of Topliss-reactive ketones (excluding diaryl/α,β-unsaturated/α-hetero) is 1. The maximum Gasteiger partial charge on any atom is 0.323 e. The van der Waals surface area contributed by atoms with Gasteiger partial charge < -0.3 is 39.9 Å². The van der Waals surface area contributed by atoms with Crippen LogP contribution in [-0.4, -0.2) is 45.7 Å². The molecule has 10 rings (SSSR count). The van der Waals surface area contributed by atoms with E-state index in [9.17, 15) is 14.0 Å². The molecular formula is C49H55FN8O2S3. The topological polar surface area (TPSA) is 160 Å². The lowest BCUT2D eigenvalue weighted by Crippen LogP contribution is -2.24. The van der Waals surface area contributed by atoms with Crippen molar-refractivity contribution in [3.8, 4) is 0 Å². The van der Waals surface area contributed by atoms with Crippen LogP contribution in [0.4, 0.5) is 4.39 Å². The highest BCUT2D eigenvalue weighted by Crippen LogP contribution is 2.30. The van der Waals surface area contributed by atoms with Crippen LogP contribution < -0.4 is 5.69 Å². The van der Waals surface area contributed by atoms with Gasteiger partial charge in [-0.25, -0.2) is 9.18 Å². The summed E-state index contributed by atoms with van der Waals surface area (Å²) in [4.78, 5) is 47.0. The Morgan fingerprint density at radius 1 is 0.667 bits per heavy atom. The molecule has 3 aromatic carbocycles. The number of benzene rings is 3. The number of aryl methyl sites for hydroxylation is 2. The lowest BCUT2D eigenvalue weighted by atomic mass is 9.81. The highest BCUT2D eigenvalue weighted by molar-refractivity contribution is 7.71. The second-order valence-electron chi connectivity index (χ2n) is 16.9. The summed E-state index contributed by atoms with van der Waals surface area (Å²) < 4.78 is 15.1. The summed E-state index contributed by atoms with van der Waals surface area (Å²) in [6.45, 7) is 6.50. The van der Waals surface area contributed by atoms with Gasteiger partial charge in [-0.05, 0) is 166 Å². The average molecular weight is 903 g/mol. The van der Waals surface area contributed by atoms with Crippen LogP contribution >= 0.6 is 36.7 Å².